The zero-order valence-corrected chi connectivity index (χ0v) is 16.6. The topological polar surface area (TPSA) is 32.3 Å². The van der Waals surface area contributed by atoms with Gasteiger partial charge in [0, 0.05) is 38.5 Å². The lowest BCUT2D eigenvalue weighted by Gasteiger charge is -2.23. The first kappa shape index (κ1) is 18.7. The van der Waals surface area contributed by atoms with Gasteiger partial charge in [0.15, 0.2) is 0 Å². The Morgan fingerprint density at radius 3 is 2.50 bits per heavy atom. The average Bonchev–Trinajstić information content (AvgIpc) is 3.17. The van der Waals surface area contributed by atoms with Gasteiger partial charge in [0.25, 0.3) is 0 Å². The predicted octanol–water partition coefficient (Wildman–Crippen LogP) is 4.75. The number of nitrogens with zero attached hydrogens (tertiary/aromatic N) is 1. The van der Waals surface area contributed by atoms with E-state index in [1.165, 1.54) is 21.9 Å². The molecule has 1 N–H and O–H groups in total. The largest absolute Gasteiger partial charge is 0.342 e. The molecular formula is C25H28N2O. The van der Waals surface area contributed by atoms with Crippen molar-refractivity contribution in [2.45, 2.75) is 25.8 Å². The standard InChI is InChI=1S/C25H28N2O/c1-18(23-14-8-12-20-11-6-7-13-24(20)23)26-15-22-16-27(19(2)28)17-25(22)21-9-4-3-5-10-21/h3-14,18,22,25-26H,15-17H2,1-2H3/t18?,22-,25+/m1/s1. The molecule has 0 aromatic heterocycles. The number of benzene rings is 3. The molecule has 1 aliphatic rings. The van der Waals surface area contributed by atoms with E-state index < -0.39 is 0 Å². The molecule has 3 aromatic carbocycles. The fraction of sp³-hybridized carbons (Fsp3) is 0.320. The van der Waals surface area contributed by atoms with Crippen LogP contribution in [-0.4, -0.2) is 30.4 Å². The molecule has 0 aliphatic carbocycles. The van der Waals surface area contributed by atoms with Crippen LogP contribution in [0, 0.1) is 5.92 Å². The minimum Gasteiger partial charge on any atom is -0.342 e. The summed E-state index contributed by atoms with van der Waals surface area (Å²) in [5.41, 5.74) is 2.66. The smallest absolute Gasteiger partial charge is 0.219 e. The van der Waals surface area contributed by atoms with Crippen LogP contribution in [0.15, 0.2) is 72.8 Å². The average molecular weight is 373 g/mol. The van der Waals surface area contributed by atoms with Crippen LogP contribution in [-0.2, 0) is 4.79 Å². The molecule has 4 rings (SSSR count). The molecule has 3 nitrogen and oxygen atoms in total. The summed E-state index contributed by atoms with van der Waals surface area (Å²) >= 11 is 0. The molecule has 0 spiro atoms. The van der Waals surface area contributed by atoms with Crippen molar-refractivity contribution in [2.24, 2.45) is 5.92 Å². The summed E-state index contributed by atoms with van der Waals surface area (Å²) in [4.78, 5) is 14.0. The Labute approximate surface area is 167 Å². The van der Waals surface area contributed by atoms with Gasteiger partial charge in [-0.25, -0.2) is 0 Å². The van der Waals surface area contributed by atoms with Gasteiger partial charge in [0.2, 0.25) is 5.91 Å². The SMILES string of the molecule is CC(=O)N1C[C@@H](CNC(C)c2cccc3ccccc23)[C@H](c2ccccc2)C1. The number of carbonyl (C=O) groups is 1. The first-order chi connectivity index (χ1) is 13.6. The number of hydrogen-bond donors (Lipinski definition) is 1. The highest BCUT2D eigenvalue weighted by Crippen LogP contribution is 2.33. The normalized spacial score (nSPS) is 20.4. The molecule has 1 heterocycles. The molecule has 1 saturated heterocycles. The van der Waals surface area contributed by atoms with Gasteiger partial charge < -0.3 is 10.2 Å². The van der Waals surface area contributed by atoms with E-state index in [2.05, 4.69) is 85.0 Å². The Morgan fingerprint density at radius 2 is 1.71 bits per heavy atom. The quantitative estimate of drug-likeness (QED) is 0.701. The highest BCUT2D eigenvalue weighted by atomic mass is 16.2. The second-order valence-corrected chi connectivity index (χ2v) is 7.90. The first-order valence-corrected chi connectivity index (χ1v) is 10.1. The van der Waals surface area contributed by atoms with Crippen molar-refractivity contribution in [3.8, 4) is 0 Å². The van der Waals surface area contributed by atoms with Gasteiger partial charge in [0.1, 0.15) is 0 Å². The lowest BCUT2D eigenvalue weighted by atomic mass is 9.88. The third-order valence-corrected chi connectivity index (χ3v) is 6.09. The third kappa shape index (κ3) is 3.81. The van der Waals surface area contributed by atoms with E-state index in [-0.39, 0.29) is 11.9 Å². The van der Waals surface area contributed by atoms with E-state index in [4.69, 9.17) is 0 Å². The van der Waals surface area contributed by atoms with Crippen molar-refractivity contribution < 1.29 is 4.79 Å². The van der Waals surface area contributed by atoms with Crippen LogP contribution in [0.5, 0.6) is 0 Å². The van der Waals surface area contributed by atoms with E-state index in [9.17, 15) is 4.79 Å². The van der Waals surface area contributed by atoms with Gasteiger partial charge in [-0.1, -0.05) is 72.8 Å². The molecular weight excluding hydrogens is 344 g/mol. The molecule has 0 bridgehead atoms. The van der Waals surface area contributed by atoms with Crippen LogP contribution in [0.2, 0.25) is 0 Å². The van der Waals surface area contributed by atoms with Gasteiger partial charge in [-0.2, -0.15) is 0 Å². The fourth-order valence-electron chi connectivity index (χ4n) is 4.48. The summed E-state index contributed by atoms with van der Waals surface area (Å²) in [6.07, 6.45) is 0. The van der Waals surface area contributed by atoms with E-state index in [0.717, 1.165) is 19.6 Å². The maximum Gasteiger partial charge on any atom is 0.219 e. The lowest BCUT2D eigenvalue weighted by molar-refractivity contribution is -0.127. The van der Waals surface area contributed by atoms with Crippen molar-refractivity contribution in [2.75, 3.05) is 19.6 Å². The maximum atomic E-state index is 12.0. The monoisotopic (exact) mass is 372 g/mol. The van der Waals surface area contributed by atoms with Gasteiger partial charge >= 0.3 is 0 Å². The highest BCUT2D eigenvalue weighted by Gasteiger charge is 2.34. The summed E-state index contributed by atoms with van der Waals surface area (Å²) in [6, 6.07) is 25.9. The van der Waals surface area contributed by atoms with Gasteiger partial charge in [0.05, 0.1) is 0 Å². The summed E-state index contributed by atoms with van der Waals surface area (Å²) < 4.78 is 0. The molecule has 1 unspecified atom stereocenters. The lowest BCUT2D eigenvalue weighted by Crippen LogP contribution is -2.31. The molecule has 0 radical (unpaired) electrons. The molecule has 0 saturated carbocycles. The Morgan fingerprint density at radius 1 is 1.00 bits per heavy atom. The molecule has 1 aliphatic heterocycles. The minimum absolute atomic E-state index is 0.172. The van der Waals surface area contributed by atoms with Gasteiger partial charge in [-0.15, -0.1) is 0 Å². The van der Waals surface area contributed by atoms with Crippen molar-refractivity contribution in [1.82, 2.24) is 10.2 Å². The molecule has 3 atom stereocenters. The summed E-state index contributed by atoms with van der Waals surface area (Å²) in [5, 5.41) is 6.34. The van der Waals surface area contributed by atoms with Crippen LogP contribution in [0.3, 0.4) is 0 Å². The minimum atomic E-state index is 0.172. The second kappa shape index (κ2) is 8.15. The molecule has 28 heavy (non-hydrogen) atoms. The number of hydrogen-bond acceptors (Lipinski definition) is 2. The van der Waals surface area contributed by atoms with Crippen molar-refractivity contribution in [1.29, 1.82) is 0 Å². The third-order valence-electron chi connectivity index (χ3n) is 6.09. The van der Waals surface area contributed by atoms with Crippen molar-refractivity contribution in [3.05, 3.63) is 83.9 Å². The summed E-state index contributed by atoms with van der Waals surface area (Å²) in [5.74, 6) is 0.978. The summed E-state index contributed by atoms with van der Waals surface area (Å²) in [6.45, 7) is 6.44. The van der Waals surface area contributed by atoms with E-state index >= 15 is 0 Å². The van der Waals surface area contributed by atoms with Crippen LogP contribution in [0.4, 0.5) is 0 Å². The van der Waals surface area contributed by atoms with E-state index in [0.29, 0.717) is 11.8 Å². The Balaban J connectivity index is 1.51. The zero-order valence-electron chi connectivity index (χ0n) is 16.6. The van der Waals surface area contributed by atoms with E-state index in [1.54, 1.807) is 6.92 Å². The molecule has 3 heteroatoms. The number of fused-ring (bicyclic) bond motifs is 1. The summed E-state index contributed by atoms with van der Waals surface area (Å²) in [7, 11) is 0. The predicted molar refractivity (Wildman–Crippen MR) is 115 cm³/mol. The molecule has 3 aromatic rings. The second-order valence-electron chi connectivity index (χ2n) is 7.90. The van der Waals surface area contributed by atoms with Gasteiger partial charge in [-0.05, 0) is 34.7 Å². The fourth-order valence-corrected chi connectivity index (χ4v) is 4.48. The van der Waals surface area contributed by atoms with Crippen LogP contribution in [0.25, 0.3) is 10.8 Å². The Kier molecular flexibility index (Phi) is 5.45. The maximum absolute atomic E-state index is 12.0. The molecule has 144 valence electrons. The highest BCUT2D eigenvalue weighted by molar-refractivity contribution is 5.86. The number of amides is 1. The Hall–Kier alpha value is -2.65. The van der Waals surface area contributed by atoms with Crippen molar-refractivity contribution in [3.63, 3.8) is 0 Å². The van der Waals surface area contributed by atoms with Crippen LogP contribution < -0.4 is 5.32 Å². The van der Waals surface area contributed by atoms with Crippen molar-refractivity contribution >= 4 is 16.7 Å². The molecule has 1 fully saturated rings. The van der Waals surface area contributed by atoms with Gasteiger partial charge in [-0.3, -0.25) is 4.79 Å². The number of nitrogens with one attached hydrogen (secondary N) is 1. The zero-order chi connectivity index (χ0) is 19.5. The number of rotatable bonds is 5. The Bertz CT molecular complexity index is 948. The number of likely N-dealkylation sites (tertiary alicyclic amines) is 1. The number of carbonyl (C=O) groups excluding carboxylic acids is 1. The van der Waals surface area contributed by atoms with Crippen LogP contribution >= 0.6 is 0 Å². The van der Waals surface area contributed by atoms with Crippen LogP contribution in [0.1, 0.15) is 36.9 Å². The van der Waals surface area contributed by atoms with E-state index in [1.807, 2.05) is 4.90 Å². The first-order valence-electron chi connectivity index (χ1n) is 10.1. The molecule has 1 amide bonds.